The van der Waals surface area contributed by atoms with Crippen LogP contribution in [0.5, 0.6) is 63.2 Å². The number of benzene rings is 5. The first-order chi connectivity index (χ1) is 63.5. The molecule has 31 heteroatoms. The van der Waals surface area contributed by atoms with Gasteiger partial charge in [-0.05, 0) is 281 Å². The highest BCUT2D eigenvalue weighted by molar-refractivity contribution is 5.99. The summed E-state index contributed by atoms with van der Waals surface area (Å²) in [5.74, 6) is -7.11. The summed E-state index contributed by atoms with van der Waals surface area (Å²) in [7, 11) is 0. The number of carbonyl (C=O) groups excluding carboxylic acids is 6. The van der Waals surface area contributed by atoms with Gasteiger partial charge in [0.1, 0.15) is 18.8 Å². The first kappa shape index (κ1) is 117. The molecule has 0 radical (unpaired) electrons. The van der Waals surface area contributed by atoms with E-state index in [2.05, 4.69) is 67.4 Å². The van der Waals surface area contributed by atoms with Crippen molar-refractivity contribution in [3.8, 4) is 63.2 Å². The molecule has 136 heavy (non-hydrogen) atoms. The van der Waals surface area contributed by atoms with Gasteiger partial charge in [-0.2, -0.15) is 0 Å². The number of hydrogen-bond acceptors (Lipinski definition) is 26. The standard InChI is InChI=1S/C105H162N6O25/c1-25-54-111(55-26-2)77(65-72-43-44-78(112)82(116)66-72)89(120)100(19,20)132-60-62-136-104(24,30-6)71-128-88-83(126-56-48-101(21,27-3)134-63-64-135-103(23,29-5)50-58-130-96(10,11)12)67-73(68-84(88)127-70-99(17,18)131-59-61-133-102(22,28-4)49-57-129-95(7,8)9)90(121)109-97(13,14)69-98(15,16)110-94(125)105(45-34-51-106-91(122)74-37-31-40-79(113)85(74)117,46-35-52-107-92(123)75-38-32-41-80(114)86(75)118)47-36-53-108-93(124)76-39-33-42-81(115)87(76)119/h25-26,31-33,37-44,66-68,77,112-119H,1-2,27-30,34-36,45-65,69-71H2,3-24H3,(H,106,122)(H,107,123)(H,108,124)(H,109,121)(H,110,125). The fourth-order valence-corrected chi connectivity index (χ4v) is 15.7. The first-order valence-corrected chi connectivity index (χ1v) is 47.7. The third kappa shape index (κ3) is 38.4. The zero-order chi connectivity index (χ0) is 102. The largest absolute Gasteiger partial charge is 0.504 e. The van der Waals surface area contributed by atoms with Crippen molar-refractivity contribution in [2.24, 2.45) is 5.41 Å². The predicted molar refractivity (Wildman–Crippen MR) is 526 cm³/mol. The van der Waals surface area contributed by atoms with Crippen molar-refractivity contribution in [2.45, 2.75) is 311 Å². The molecule has 0 saturated heterocycles. The van der Waals surface area contributed by atoms with E-state index < -0.39 is 120 Å². The summed E-state index contributed by atoms with van der Waals surface area (Å²) in [6.07, 6.45) is 8.43. The van der Waals surface area contributed by atoms with Crippen LogP contribution in [0.25, 0.3) is 0 Å². The summed E-state index contributed by atoms with van der Waals surface area (Å²) < 4.78 is 72.5. The molecule has 0 heterocycles. The minimum Gasteiger partial charge on any atom is -0.504 e. The van der Waals surface area contributed by atoms with Crippen LogP contribution in [0.15, 0.2) is 110 Å². The molecule has 0 aliphatic heterocycles. The minimum absolute atomic E-state index is 0.00103. The molecular weight excluding hydrogens is 1750 g/mol. The molecular formula is C105H162N6O25. The van der Waals surface area contributed by atoms with E-state index in [9.17, 15) is 60.0 Å². The van der Waals surface area contributed by atoms with E-state index in [4.69, 9.17) is 52.1 Å². The molecule has 0 bridgehead atoms. The van der Waals surface area contributed by atoms with Crippen LogP contribution >= 0.6 is 0 Å². The fraction of sp³-hybridized carbons (Fsp3) is 0.619. The highest BCUT2D eigenvalue weighted by Gasteiger charge is 2.43. The van der Waals surface area contributed by atoms with E-state index in [0.717, 1.165) is 12.8 Å². The number of ether oxygens (including phenoxy) is 11. The van der Waals surface area contributed by atoms with Crippen molar-refractivity contribution in [1.82, 2.24) is 31.5 Å². The van der Waals surface area contributed by atoms with E-state index in [0.29, 0.717) is 70.6 Å². The minimum atomic E-state index is -1.38. The molecule has 0 fully saturated rings. The van der Waals surface area contributed by atoms with Gasteiger partial charge in [0.15, 0.2) is 63.3 Å². The first-order valence-electron chi connectivity index (χ1n) is 47.7. The molecule has 5 atom stereocenters. The Morgan fingerprint density at radius 2 is 0.787 bits per heavy atom. The quantitative estimate of drug-likeness (QED) is 0.00977. The van der Waals surface area contributed by atoms with Gasteiger partial charge in [0.25, 0.3) is 23.6 Å². The van der Waals surface area contributed by atoms with Crippen molar-refractivity contribution in [3.63, 3.8) is 0 Å². The maximum atomic E-state index is 15.9. The van der Waals surface area contributed by atoms with E-state index >= 15 is 9.59 Å². The number of nitrogens with one attached hydrogen (secondary N) is 5. The van der Waals surface area contributed by atoms with Crippen molar-refractivity contribution >= 4 is 35.3 Å². The SMILES string of the molecule is C=CCN(CC=C)C(Cc1ccc(O)c(O)c1)C(=O)C(C)(C)OCCOC(C)(CC)COc1c(OCCC(C)(CC)OCCOC(C)(CC)CCOC(C)(C)C)cc(C(=O)NC(C)(C)CC(C)(C)NC(=O)C(CCCNC(=O)c2cccc(O)c2O)(CCCNC(=O)c2cccc(O)c2O)CCCNC(=O)c2cccc(O)c2O)cc1OCC(C)(C)OCCOC(C)(CC)CCOC(C)(C)C. The lowest BCUT2D eigenvalue weighted by atomic mass is 9.73. The van der Waals surface area contributed by atoms with Gasteiger partial charge >= 0.3 is 0 Å². The van der Waals surface area contributed by atoms with Crippen LogP contribution in [0.4, 0.5) is 0 Å². The number of carbonyl (C=O) groups is 6. The molecule has 31 nitrogen and oxygen atoms in total. The number of hydrogen-bond donors (Lipinski definition) is 13. The second-order valence-corrected chi connectivity index (χ2v) is 40.6. The van der Waals surface area contributed by atoms with Crippen LogP contribution in [0.2, 0.25) is 0 Å². The van der Waals surface area contributed by atoms with Crippen LogP contribution in [0.1, 0.15) is 289 Å². The zero-order valence-electron chi connectivity index (χ0n) is 85.1. The molecule has 5 unspecified atom stereocenters. The Hall–Kier alpha value is -9.96. The third-order valence-corrected chi connectivity index (χ3v) is 24.5. The number of phenolic OH excluding ortho intramolecular Hbond substituents is 8. The van der Waals surface area contributed by atoms with Crippen molar-refractivity contribution in [2.75, 3.05) is 105 Å². The van der Waals surface area contributed by atoms with Crippen LogP contribution in [0, 0.1) is 5.41 Å². The highest BCUT2D eigenvalue weighted by Crippen LogP contribution is 2.44. The second kappa shape index (κ2) is 52.7. The number of Topliss-reactive ketones (excluding diaryl/α,β-unsaturated/α-hetero) is 1. The lowest BCUT2D eigenvalue weighted by molar-refractivity contribution is -0.151. The second-order valence-electron chi connectivity index (χ2n) is 40.6. The molecule has 762 valence electrons. The Morgan fingerprint density at radius 3 is 1.19 bits per heavy atom. The lowest BCUT2D eigenvalue weighted by Gasteiger charge is -2.40. The van der Waals surface area contributed by atoms with Crippen molar-refractivity contribution in [3.05, 3.63) is 138 Å². The molecule has 5 aromatic rings. The van der Waals surface area contributed by atoms with Gasteiger partial charge in [-0.1, -0.05) is 64.1 Å². The highest BCUT2D eigenvalue weighted by atomic mass is 16.6. The summed E-state index contributed by atoms with van der Waals surface area (Å²) in [5, 5.41) is 98.2. The van der Waals surface area contributed by atoms with E-state index in [1.165, 1.54) is 66.7 Å². The fourth-order valence-electron chi connectivity index (χ4n) is 15.7. The third-order valence-electron chi connectivity index (χ3n) is 24.5. The number of rotatable bonds is 65. The van der Waals surface area contributed by atoms with Gasteiger partial charge in [-0.15, -0.1) is 13.2 Å². The monoisotopic (exact) mass is 1910 g/mol. The predicted octanol–water partition coefficient (Wildman–Crippen LogP) is 16.9. The molecule has 0 saturated carbocycles. The van der Waals surface area contributed by atoms with E-state index in [-0.39, 0.29) is 192 Å². The van der Waals surface area contributed by atoms with Gasteiger partial charge in [0.2, 0.25) is 11.7 Å². The van der Waals surface area contributed by atoms with Gasteiger partial charge < -0.3 is 120 Å². The van der Waals surface area contributed by atoms with Gasteiger partial charge in [-0.25, -0.2) is 0 Å². The van der Waals surface area contributed by atoms with Gasteiger partial charge in [0, 0.05) is 61.2 Å². The summed E-state index contributed by atoms with van der Waals surface area (Å²) in [5.41, 5.74) is -9.42. The Labute approximate surface area is 807 Å². The summed E-state index contributed by atoms with van der Waals surface area (Å²) in [6, 6.07) is 18.7. The van der Waals surface area contributed by atoms with Crippen molar-refractivity contribution < 1.29 is 122 Å². The van der Waals surface area contributed by atoms with Gasteiger partial charge in [-0.3, -0.25) is 33.7 Å². The lowest BCUT2D eigenvalue weighted by Crippen LogP contribution is -2.56. The summed E-state index contributed by atoms with van der Waals surface area (Å²) in [6.45, 7) is 52.8. The molecule has 0 spiro atoms. The van der Waals surface area contributed by atoms with E-state index in [1.54, 1.807) is 71.9 Å². The molecule has 5 aromatic carbocycles. The van der Waals surface area contributed by atoms with Gasteiger partial charge in [0.05, 0.1) is 121 Å². The Balaban J connectivity index is 1.60. The molecule has 13 N–H and O–H groups in total. The average molecular weight is 1910 g/mol. The summed E-state index contributed by atoms with van der Waals surface area (Å²) >= 11 is 0. The number of amides is 5. The van der Waals surface area contributed by atoms with Crippen LogP contribution in [0.3, 0.4) is 0 Å². The number of nitrogens with zero attached hydrogens (tertiary/aromatic N) is 1. The normalized spacial score (nSPS) is 14.4. The maximum absolute atomic E-state index is 15.9. The number of phenols is 8. The van der Waals surface area contributed by atoms with Crippen molar-refractivity contribution in [1.29, 1.82) is 0 Å². The Morgan fingerprint density at radius 1 is 0.397 bits per heavy atom. The Bertz CT molecular complexity index is 4490. The summed E-state index contributed by atoms with van der Waals surface area (Å²) in [4.78, 5) is 89.1. The smallest absolute Gasteiger partial charge is 0.255 e. The Kier molecular flexibility index (Phi) is 45.2. The zero-order valence-corrected chi connectivity index (χ0v) is 85.1. The number of para-hydroxylation sites is 3. The number of ketones is 1. The maximum Gasteiger partial charge on any atom is 0.255 e. The topological polar surface area (TPSA) is 429 Å². The molecule has 0 aromatic heterocycles. The molecule has 5 rings (SSSR count). The molecule has 5 amide bonds. The average Bonchev–Trinajstić information content (AvgIpc) is 0.815. The molecule has 0 aliphatic rings. The van der Waals surface area contributed by atoms with E-state index in [1.807, 2.05) is 88.0 Å². The molecule has 0 aliphatic carbocycles. The van der Waals surface area contributed by atoms with Crippen LogP contribution in [-0.4, -0.2) is 248 Å². The number of aromatic hydroxyl groups is 8. The van der Waals surface area contributed by atoms with Crippen LogP contribution in [-0.2, 0) is 53.9 Å². The van der Waals surface area contributed by atoms with Crippen LogP contribution < -0.4 is 40.8 Å².